The van der Waals surface area contributed by atoms with Gasteiger partial charge in [-0.2, -0.15) is 0 Å². The summed E-state index contributed by atoms with van der Waals surface area (Å²) in [6.07, 6.45) is 1.91. The van der Waals surface area contributed by atoms with Gasteiger partial charge in [0.25, 0.3) is 5.56 Å². The van der Waals surface area contributed by atoms with Crippen LogP contribution in [0.1, 0.15) is 50.4 Å². The molecule has 2 heterocycles. The van der Waals surface area contributed by atoms with Crippen molar-refractivity contribution in [1.29, 1.82) is 0 Å². The standard InChI is InChI=1S/C28H30N2O5S/c1-7-34-27(32)24-18(5)29-28-30(25(24)20-11-8-17(4)22(15-20)33-6)26(31)23(36-28)14-19-9-12-21(13-10-19)35-16(2)3/h8-16,25H,7H2,1-6H3/b23-14+. The minimum Gasteiger partial charge on any atom is -0.496 e. The van der Waals surface area contributed by atoms with Gasteiger partial charge in [0.15, 0.2) is 4.80 Å². The van der Waals surface area contributed by atoms with E-state index in [2.05, 4.69) is 4.99 Å². The number of nitrogens with zero attached hydrogens (tertiary/aromatic N) is 2. The maximum absolute atomic E-state index is 13.7. The van der Waals surface area contributed by atoms with E-state index in [-0.39, 0.29) is 18.3 Å². The van der Waals surface area contributed by atoms with E-state index in [4.69, 9.17) is 14.2 Å². The van der Waals surface area contributed by atoms with E-state index in [9.17, 15) is 9.59 Å². The molecule has 1 atom stereocenters. The zero-order valence-corrected chi connectivity index (χ0v) is 22.1. The first-order valence-corrected chi connectivity index (χ1v) is 12.7. The Morgan fingerprint density at radius 3 is 2.53 bits per heavy atom. The van der Waals surface area contributed by atoms with Crippen LogP contribution in [0.5, 0.6) is 11.5 Å². The molecule has 8 heteroatoms. The molecule has 1 unspecified atom stereocenters. The molecule has 0 N–H and O–H groups in total. The zero-order chi connectivity index (χ0) is 26.0. The number of thiazole rings is 1. The Hall–Kier alpha value is -3.65. The quantitative estimate of drug-likeness (QED) is 0.454. The number of esters is 1. The predicted octanol–water partition coefficient (Wildman–Crippen LogP) is 3.90. The molecule has 1 aliphatic rings. The molecule has 1 aliphatic heterocycles. The van der Waals surface area contributed by atoms with Crippen molar-refractivity contribution in [2.24, 2.45) is 4.99 Å². The number of carbonyl (C=O) groups is 1. The molecule has 0 radical (unpaired) electrons. The highest BCUT2D eigenvalue weighted by Crippen LogP contribution is 2.33. The van der Waals surface area contributed by atoms with Crippen LogP contribution in [0, 0.1) is 6.92 Å². The van der Waals surface area contributed by atoms with E-state index in [0.717, 1.165) is 22.4 Å². The Labute approximate surface area is 214 Å². The highest BCUT2D eigenvalue weighted by molar-refractivity contribution is 7.07. The van der Waals surface area contributed by atoms with E-state index in [1.54, 1.807) is 25.5 Å². The molecule has 1 aromatic heterocycles. The molecule has 0 saturated heterocycles. The second-order valence-electron chi connectivity index (χ2n) is 8.77. The van der Waals surface area contributed by atoms with E-state index in [0.29, 0.717) is 26.4 Å². The number of aryl methyl sites for hydroxylation is 1. The van der Waals surface area contributed by atoms with Crippen LogP contribution in [-0.4, -0.2) is 30.4 Å². The summed E-state index contributed by atoms with van der Waals surface area (Å²) in [6.45, 7) is 9.64. The summed E-state index contributed by atoms with van der Waals surface area (Å²) in [6, 6.07) is 12.6. The van der Waals surface area contributed by atoms with Crippen LogP contribution in [-0.2, 0) is 9.53 Å². The second kappa shape index (κ2) is 10.5. The SMILES string of the molecule is CCOC(=O)C1=C(C)N=c2s/c(=C/c3ccc(OC(C)C)cc3)c(=O)n2C1c1ccc(C)c(OC)c1. The molecule has 0 spiro atoms. The van der Waals surface area contributed by atoms with Gasteiger partial charge in [-0.25, -0.2) is 9.79 Å². The van der Waals surface area contributed by atoms with Gasteiger partial charge in [0, 0.05) is 0 Å². The molecule has 188 valence electrons. The molecule has 36 heavy (non-hydrogen) atoms. The monoisotopic (exact) mass is 506 g/mol. The number of fused-ring (bicyclic) bond motifs is 1. The minimum absolute atomic E-state index is 0.0803. The van der Waals surface area contributed by atoms with Gasteiger partial charge >= 0.3 is 5.97 Å². The Bertz CT molecular complexity index is 1500. The first-order chi connectivity index (χ1) is 17.2. The molecule has 0 aliphatic carbocycles. The highest BCUT2D eigenvalue weighted by atomic mass is 32.1. The van der Waals surface area contributed by atoms with Gasteiger partial charge in [0.1, 0.15) is 11.5 Å². The molecule has 3 aromatic rings. The number of aromatic nitrogens is 1. The third kappa shape index (κ3) is 4.99. The third-order valence-electron chi connectivity index (χ3n) is 5.81. The summed E-state index contributed by atoms with van der Waals surface area (Å²) in [5.41, 5.74) is 3.22. The lowest BCUT2D eigenvalue weighted by atomic mass is 9.95. The van der Waals surface area contributed by atoms with Gasteiger partial charge in [-0.05, 0) is 75.6 Å². The predicted molar refractivity (Wildman–Crippen MR) is 140 cm³/mol. The Balaban J connectivity index is 1.88. The van der Waals surface area contributed by atoms with Crippen LogP contribution in [0.4, 0.5) is 0 Å². The highest BCUT2D eigenvalue weighted by Gasteiger charge is 2.33. The summed E-state index contributed by atoms with van der Waals surface area (Å²) in [5.74, 6) is 0.959. The Kier molecular flexibility index (Phi) is 7.45. The van der Waals surface area contributed by atoms with Crippen molar-refractivity contribution < 1.29 is 19.0 Å². The normalized spacial score (nSPS) is 15.5. The largest absolute Gasteiger partial charge is 0.496 e. The summed E-state index contributed by atoms with van der Waals surface area (Å²) >= 11 is 1.29. The Morgan fingerprint density at radius 2 is 1.89 bits per heavy atom. The summed E-state index contributed by atoms with van der Waals surface area (Å²) < 4.78 is 18.7. The fourth-order valence-electron chi connectivity index (χ4n) is 4.18. The van der Waals surface area contributed by atoms with Crippen molar-refractivity contribution in [3.8, 4) is 11.5 Å². The lowest BCUT2D eigenvalue weighted by Gasteiger charge is -2.25. The molecule has 4 rings (SSSR count). The fraction of sp³-hybridized carbons (Fsp3) is 0.321. The van der Waals surface area contributed by atoms with Crippen molar-refractivity contribution >= 4 is 23.4 Å². The van der Waals surface area contributed by atoms with E-state index in [1.807, 2.05) is 69.3 Å². The van der Waals surface area contributed by atoms with Gasteiger partial charge in [0.2, 0.25) is 0 Å². The van der Waals surface area contributed by atoms with Crippen LogP contribution >= 0.6 is 11.3 Å². The molecule has 2 aromatic carbocycles. The van der Waals surface area contributed by atoms with Gasteiger partial charge in [0.05, 0.1) is 41.7 Å². The second-order valence-corrected chi connectivity index (χ2v) is 9.78. The van der Waals surface area contributed by atoms with Crippen molar-refractivity contribution in [2.75, 3.05) is 13.7 Å². The summed E-state index contributed by atoms with van der Waals surface area (Å²) in [4.78, 5) is 31.9. The number of benzene rings is 2. The average Bonchev–Trinajstić information content (AvgIpc) is 3.14. The van der Waals surface area contributed by atoms with Crippen molar-refractivity contribution in [3.05, 3.63) is 90.1 Å². The van der Waals surface area contributed by atoms with Crippen molar-refractivity contribution in [2.45, 2.75) is 46.8 Å². The van der Waals surface area contributed by atoms with Crippen molar-refractivity contribution in [1.82, 2.24) is 4.57 Å². The summed E-state index contributed by atoms with van der Waals surface area (Å²) in [5, 5.41) is 0. The maximum Gasteiger partial charge on any atom is 0.338 e. The number of hydrogen-bond acceptors (Lipinski definition) is 7. The van der Waals surface area contributed by atoms with E-state index < -0.39 is 12.0 Å². The van der Waals surface area contributed by atoms with Gasteiger partial charge in [-0.3, -0.25) is 9.36 Å². The fourth-order valence-corrected chi connectivity index (χ4v) is 5.23. The number of methoxy groups -OCH3 is 1. The average molecular weight is 507 g/mol. The lowest BCUT2D eigenvalue weighted by Crippen LogP contribution is -2.40. The summed E-state index contributed by atoms with van der Waals surface area (Å²) in [7, 11) is 1.60. The molecule has 7 nitrogen and oxygen atoms in total. The van der Waals surface area contributed by atoms with E-state index >= 15 is 0 Å². The number of ether oxygens (including phenoxy) is 3. The molecule has 0 bridgehead atoms. The van der Waals surface area contributed by atoms with Gasteiger partial charge < -0.3 is 14.2 Å². The molecule has 0 fully saturated rings. The Morgan fingerprint density at radius 1 is 1.17 bits per heavy atom. The van der Waals surface area contributed by atoms with Crippen LogP contribution < -0.4 is 24.4 Å². The molecule has 0 saturated carbocycles. The number of hydrogen-bond donors (Lipinski definition) is 0. The van der Waals surface area contributed by atoms with Gasteiger partial charge in [-0.1, -0.05) is 35.6 Å². The third-order valence-corrected chi connectivity index (χ3v) is 6.80. The maximum atomic E-state index is 13.7. The number of carbonyl (C=O) groups excluding carboxylic acids is 1. The lowest BCUT2D eigenvalue weighted by molar-refractivity contribution is -0.139. The van der Waals surface area contributed by atoms with Crippen LogP contribution in [0.3, 0.4) is 0 Å². The molecule has 0 amide bonds. The minimum atomic E-state index is -0.682. The number of rotatable bonds is 7. The van der Waals surface area contributed by atoms with Crippen molar-refractivity contribution in [3.63, 3.8) is 0 Å². The molecular formula is C28H30N2O5S. The first-order valence-electron chi connectivity index (χ1n) is 11.8. The topological polar surface area (TPSA) is 79.1 Å². The van der Waals surface area contributed by atoms with Gasteiger partial charge in [-0.15, -0.1) is 0 Å². The van der Waals surface area contributed by atoms with Crippen LogP contribution in [0.25, 0.3) is 6.08 Å². The first kappa shape index (κ1) is 25.4. The number of allylic oxidation sites excluding steroid dienone is 1. The smallest absolute Gasteiger partial charge is 0.338 e. The zero-order valence-electron chi connectivity index (χ0n) is 21.3. The molecular weight excluding hydrogens is 476 g/mol. The van der Waals surface area contributed by atoms with Crippen LogP contribution in [0.15, 0.2) is 63.5 Å². The van der Waals surface area contributed by atoms with Crippen LogP contribution in [0.2, 0.25) is 0 Å². The van der Waals surface area contributed by atoms with E-state index in [1.165, 1.54) is 11.3 Å².